The summed E-state index contributed by atoms with van der Waals surface area (Å²) in [5.41, 5.74) is 2.31. The number of nitro groups is 1. The maximum atomic E-state index is 12.4. The molecule has 3 aromatic rings. The first-order chi connectivity index (χ1) is 12.6. The Kier molecular flexibility index (Phi) is 4.72. The van der Waals surface area contributed by atoms with Gasteiger partial charge < -0.3 is 5.32 Å². The van der Waals surface area contributed by atoms with Gasteiger partial charge >= 0.3 is 0 Å². The van der Waals surface area contributed by atoms with E-state index in [1.165, 1.54) is 18.2 Å². The zero-order chi connectivity index (χ0) is 18.5. The van der Waals surface area contributed by atoms with Crippen molar-refractivity contribution in [2.75, 3.05) is 5.32 Å². The van der Waals surface area contributed by atoms with Crippen molar-refractivity contribution in [3.05, 3.63) is 99.6 Å². The highest BCUT2D eigenvalue weighted by Crippen LogP contribution is 2.25. The van der Waals surface area contributed by atoms with E-state index in [4.69, 9.17) is 0 Å². The van der Waals surface area contributed by atoms with Crippen molar-refractivity contribution in [2.45, 2.75) is 0 Å². The number of carbonyl (C=O) groups is 1. The van der Waals surface area contributed by atoms with Gasteiger partial charge in [-0.05, 0) is 30.3 Å². The molecule has 0 amide bonds. The first-order valence-electron chi connectivity index (χ1n) is 7.74. The number of non-ortho nitro benzene ring substituents is 1. The van der Waals surface area contributed by atoms with E-state index in [2.05, 4.69) is 5.32 Å². The minimum absolute atomic E-state index is 0.0785. The van der Waals surface area contributed by atoms with E-state index in [0.717, 1.165) is 0 Å². The van der Waals surface area contributed by atoms with Crippen LogP contribution in [-0.4, -0.2) is 10.7 Å². The van der Waals surface area contributed by atoms with Crippen LogP contribution in [-0.2, 0) is 0 Å². The highest BCUT2D eigenvalue weighted by atomic mass is 16.6. The second kappa shape index (κ2) is 7.28. The first-order valence-corrected chi connectivity index (χ1v) is 7.74. The molecule has 0 atom stereocenters. The molecule has 0 aliphatic rings. The topological polar surface area (TPSA) is 96.0 Å². The van der Waals surface area contributed by atoms with E-state index in [1.807, 2.05) is 12.1 Å². The molecule has 0 unspecified atom stereocenters. The lowest BCUT2D eigenvalue weighted by Crippen LogP contribution is -2.01. The molecule has 6 heteroatoms. The van der Waals surface area contributed by atoms with Gasteiger partial charge in [0.25, 0.3) is 5.69 Å². The van der Waals surface area contributed by atoms with Gasteiger partial charge in [-0.15, -0.1) is 0 Å². The average Bonchev–Trinajstić information content (AvgIpc) is 2.69. The van der Waals surface area contributed by atoms with E-state index in [9.17, 15) is 20.2 Å². The highest BCUT2D eigenvalue weighted by Gasteiger charge is 2.12. The molecule has 6 nitrogen and oxygen atoms in total. The molecular formula is C20H13N3O3. The fraction of sp³-hybridized carbons (Fsp3) is 0. The number of hydrogen-bond acceptors (Lipinski definition) is 5. The molecule has 0 heterocycles. The molecule has 0 saturated carbocycles. The number of nitriles is 1. The van der Waals surface area contributed by atoms with Crippen LogP contribution in [0.3, 0.4) is 0 Å². The van der Waals surface area contributed by atoms with Gasteiger partial charge in [-0.1, -0.05) is 30.3 Å². The van der Waals surface area contributed by atoms with E-state index < -0.39 is 4.92 Å². The Hall–Kier alpha value is -3.98. The number of carbonyl (C=O) groups excluding carboxylic acids is 1. The van der Waals surface area contributed by atoms with Crippen molar-refractivity contribution in [3.63, 3.8) is 0 Å². The van der Waals surface area contributed by atoms with Gasteiger partial charge in [-0.25, -0.2) is 0 Å². The zero-order valence-corrected chi connectivity index (χ0v) is 13.5. The summed E-state index contributed by atoms with van der Waals surface area (Å²) in [5.74, 6) is -0.0785. The van der Waals surface area contributed by atoms with Crippen molar-refractivity contribution in [1.29, 1.82) is 5.26 Å². The zero-order valence-electron chi connectivity index (χ0n) is 13.5. The molecule has 3 aromatic carbocycles. The van der Waals surface area contributed by atoms with E-state index in [-0.39, 0.29) is 17.0 Å². The van der Waals surface area contributed by atoms with Crippen LogP contribution in [0.4, 0.5) is 17.1 Å². The molecule has 0 bridgehead atoms. The Morgan fingerprint density at radius 1 is 0.962 bits per heavy atom. The van der Waals surface area contributed by atoms with Crippen molar-refractivity contribution in [3.8, 4) is 6.07 Å². The lowest BCUT2D eigenvalue weighted by Gasteiger charge is -2.09. The second-order valence-electron chi connectivity index (χ2n) is 5.50. The highest BCUT2D eigenvalue weighted by molar-refractivity contribution is 6.09. The molecule has 3 rings (SSSR count). The van der Waals surface area contributed by atoms with Gasteiger partial charge in [0.15, 0.2) is 5.78 Å². The van der Waals surface area contributed by atoms with Crippen molar-refractivity contribution in [1.82, 2.24) is 0 Å². The summed E-state index contributed by atoms with van der Waals surface area (Å²) < 4.78 is 0. The number of hydrogen-bond donors (Lipinski definition) is 1. The fourth-order valence-corrected chi connectivity index (χ4v) is 2.46. The molecule has 0 saturated heterocycles. The fourth-order valence-electron chi connectivity index (χ4n) is 2.46. The van der Waals surface area contributed by atoms with Gasteiger partial charge in [0, 0.05) is 28.9 Å². The number of ketones is 1. The molecule has 0 spiro atoms. The van der Waals surface area contributed by atoms with Gasteiger partial charge in [0.1, 0.15) is 6.07 Å². The summed E-state index contributed by atoms with van der Waals surface area (Å²) in [5, 5.41) is 23.0. The number of benzene rings is 3. The molecule has 126 valence electrons. The number of anilines is 2. The quantitative estimate of drug-likeness (QED) is 0.420. The Bertz CT molecular complexity index is 1010. The van der Waals surface area contributed by atoms with Gasteiger partial charge in [0.2, 0.25) is 0 Å². The predicted octanol–water partition coefficient (Wildman–Crippen LogP) is 4.44. The third-order valence-corrected chi connectivity index (χ3v) is 3.80. The Morgan fingerprint density at radius 3 is 2.23 bits per heavy atom. The third-order valence-electron chi connectivity index (χ3n) is 3.80. The molecule has 0 aliphatic heterocycles. The Morgan fingerprint density at radius 2 is 1.62 bits per heavy atom. The molecule has 1 N–H and O–H groups in total. The summed E-state index contributed by atoms with van der Waals surface area (Å²) in [7, 11) is 0. The number of nitrogens with zero attached hydrogens (tertiary/aromatic N) is 2. The summed E-state index contributed by atoms with van der Waals surface area (Å²) in [6, 6.07) is 21.8. The number of rotatable bonds is 5. The van der Waals surface area contributed by atoms with Gasteiger partial charge in [-0.3, -0.25) is 14.9 Å². The van der Waals surface area contributed by atoms with Crippen LogP contribution in [0.1, 0.15) is 21.5 Å². The van der Waals surface area contributed by atoms with Crippen molar-refractivity contribution in [2.24, 2.45) is 0 Å². The molecular weight excluding hydrogens is 330 g/mol. The van der Waals surface area contributed by atoms with E-state index >= 15 is 0 Å². The van der Waals surface area contributed by atoms with Gasteiger partial charge in [0.05, 0.1) is 16.2 Å². The number of nitrogens with one attached hydrogen (secondary N) is 1. The molecule has 0 radical (unpaired) electrons. The summed E-state index contributed by atoms with van der Waals surface area (Å²) in [4.78, 5) is 22.6. The SMILES string of the molecule is N#Cc1cc([N+](=O)[O-])ccc1Nc1ccc(C(=O)c2ccccc2)cc1. The third kappa shape index (κ3) is 3.57. The van der Waals surface area contributed by atoms with Crippen molar-refractivity contribution < 1.29 is 9.72 Å². The van der Waals surface area contributed by atoms with Crippen LogP contribution in [0.15, 0.2) is 72.8 Å². The summed E-state index contributed by atoms with van der Waals surface area (Å²) in [6.07, 6.45) is 0. The van der Waals surface area contributed by atoms with Crippen LogP contribution in [0, 0.1) is 21.4 Å². The minimum Gasteiger partial charge on any atom is -0.354 e. The largest absolute Gasteiger partial charge is 0.354 e. The minimum atomic E-state index is -0.547. The van der Waals surface area contributed by atoms with Crippen LogP contribution >= 0.6 is 0 Å². The molecule has 0 aliphatic carbocycles. The van der Waals surface area contributed by atoms with Crippen LogP contribution in [0.5, 0.6) is 0 Å². The predicted molar refractivity (Wildman–Crippen MR) is 97.4 cm³/mol. The maximum absolute atomic E-state index is 12.4. The molecule has 0 aromatic heterocycles. The summed E-state index contributed by atoms with van der Waals surface area (Å²) in [6.45, 7) is 0. The summed E-state index contributed by atoms with van der Waals surface area (Å²) >= 11 is 0. The first kappa shape index (κ1) is 16.9. The Labute approximate surface area is 149 Å². The Balaban J connectivity index is 1.81. The number of nitro benzene ring substituents is 1. The lowest BCUT2D eigenvalue weighted by molar-refractivity contribution is -0.384. The second-order valence-corrected chi connectivity index (χ2v) is 5.50. The van der Waals surface area contributed by atoms with E-state index in [0.29, 0.717) is 22.5 Å². The van der Waals surface area contributed by atoms with Crippen LogP contribution in [0.2, 0.25) is 0 Å². The van der Waals surface area contributed by atoms with Crippen LogP contribution < -0.4 is 5.32 Å². The molecule has 0 fully saturated rings. The monoisotopic (exact) mass is 343 g/mol. The maximum Gasteiger partial charge on any atom is 0.270 e. The average molecular weight is 343 g/mol. The molecule has 26 heavy (non-hydrogen) atoms. The van der Waals surface area contributed by atoms with E-state index in [1.54, 1.807) is 48.5 Å². The lowest BCUT2D eigenvalue weighted by atomic mass is 10.0. The van der Waals surface area contributed by atoms with Gasteiger partial charge in [-0.2, -0.15) is 5.26 Å². The smallest absolute Gasteiger partial charge is 0.270 e. The van der Waals surface area contributed by atoms with Crippen LogP contribution in [0.25, 0.3) is 0 Å². The standard InChI is InChI=1S/C20H13N3O3/c21-13-16-12-18(23(25)26)10-11-19(16)22-17-8-6-15(7-9-17)20(24)14-4-2-1-3-5-14/h1-12,22H. The normalized spacial score (nSPS) is 9.96. The van der Waals surface area contributed by atoms with Crippen molar-refractivity contribution >= 4 is 22.8 Å².